The molecule has 0 atom stereocenters. The zero-order valence-corrected chi connectivity index (χ0v) is 18.8. The van der Waals surface area contributed by atoms with Crippen LogP contribution in [0.2, 0.25) is 0 Å². The maximum absolute atomic E-state index is 13.1. The van der Waals surface area contributed by atoms with Gasteiger partial charge in [-0.15, -0.1) is 0 Å². The fourth-order valence-electron chi connectivity index (χ4n) is 3.92. The summed E-state index contributed by atoms with van der Waals surface area (Å²) in [7, 11) is 1.63. The van der Waals surface area contributed by atoms with Crippen LogP contribution in [-0.4, -0.2) is 45.4 Å². The molecule has 0 aliphatic heterocycles. The van der Waals surface area contributed by atoms with Crippen LogP contribution in [0.4, 0.5) is 5.69 Å². The summed E-state index contributed by atoms with van der Waals surface area (Å²) in [6, 6.07) is 19.8. The van der Waals surface area contributed by atoms with Crippen molar-refractivity contribution in [2.45, 2.75) is 13.0 Å². The van der Waals surface area contributed by atoms with E-state index in [4.69, 9.17) is 9.47 Å². The molecule has 5 rings (SSSR count). The lowest BCUT2D eigenvalue weighted by Gasteiger charge is -2.09. The number of nitrogens with one attached hydrogen (secondary N) is 1. The average molecular weight is 456 g/mol. The maximum atomic E-state index is 13.1. The van der Waals surface area contributed by atoms with Crippen LogP contribution in [0.25, 0.3) is 16.6 Å². The molecule has 0 radical (unpaired) electrons. The van der Waals surface area contributed by atoms with E-state index in [1.54, 1.807) is 42.2 Å². The molecular weight excluding hydrogens is 430 g/mol. The van der Waals surface area contributed by atoms with Gasteiger partial charge in [-0.1, -0.05) is 36.4 Å². The number of benzene rings is 2. The number of amides is 1. The first kappa shape index (κ1) is 21.7. The lowest BCUT2D eigenvalue weighted by atomic mass is 10.1. The number of imidazole rings is 1. The standard InChI is InChI=1S/C26H25N5O3/c1-33-14-15-34-20-11-12-30-24(18-27-25(30)16-20)26(32)29-22-8-5-9-23-21(22)17-28-31(23)13-10-19-6-3-2-4-7-19/h2-9,11-12,16-18H,10,13-15H2,1H3,(H,29,32). The quantitative estimate of drug-likeness (QED) is 0.337. The number of pyridine rings is 1. The molecule has 1 amide bonds. The molecule has 0 aliphatic carbocycles. The van der Waals surface area contributed by atoms with E-state index in [1.807, 2.05) is 41.1 Å². The van der Waals surface area contributed by atoms with Gasteiger partial charge in [0, 0.05) is 31.3 Å². The molecule has 0 bridgehead atoms. The molecule has 0 saturated heterocycles. The van der Waals surface area contributed by atoms with E-state index in [1.165, 1.54) is 5.56 Å². The molecule has 3 heterocycles. The normalized spacial score (nSPS) is 11.2. The van der Waals surface area contributed by atoms with Crippen molar-refractivity contribution in [3.8, 4) is 5.75 Å². The number of ether oxygens (including phenoxy) is 2. The number of fused-ring (bicyclic) bond motifs is 2. The van der Waals surface area contributed by atoms with Crippen LogP contribution < -0.4 is 10.1 Å². The lowest BCUT2D eigenvalue weighted by Crippen LogP contribution is -2.14. The Balaban J connectivity index is 1.33. The van der Waals surface area contributed by atoms with E-state index < -0.39 is 0 Å². The number of nitrogens with zero attached hydrogens (tertiary/aromatic N) is 4. The third kappa shape index (κ3) is 4.49. The predicted molar refractivity (Wildman–Crippen MR) is 130 cm³/mol. The van der Waals surface area contributed by atoms with E-state index in [2.05, 4.69) is 27.5 Å². The number of carbonyl (C=O) groups excluding carboxylic acids is 1. The highest BCUT2D eigenvalue weighted by molar-refractivity contribution is 6.08. The number of carbonyl (C=O) groups is 1. The Morgan fingerprint density at radius 2 is 1.91 bits per heavy atom. The average Bonchev–Trinajstić information content (AvgIpc) is 3.48. The Bertz CT molecular complexity index is 1420. The molecule has 34 heavy (non-hydrogen) atoms. The molecule has 0 aliphatic rings. The topological polar surface area (TPSA) is 82.7 Å². The van der Waals surface area contributed by atoms with Crippen LogP contribution in [0.5, 0.6) is 5.75 Å². The van der Waals surface area contributed by atoms with Crippen LogP contribution >= 0.6 is 0 Å². The summed E-state index contributed by atoms with van der Waals surface area (Å²) in [4.78, 5) is 17.5. The van der Waals surface area contributed by atoms with Gasteiger partial charge in [-0.2, -0.15) is 5.10 Å². The molecule has 172 valence electrons. The third-order valence-electron chi connectivity index (χ3n) is 5.66. The summed E-state index contributed by atoms with van der Waals surface area (Å²) in [6.07, 6.45) is 6.02. The molecule has 8 nitrogen and oxygen atoms in total. The number of anilines is 1. The zero-order chi connectivity index (χ0) is 23.3. The van der Waals surface area contributed by atoms with Crippen molar-refractivity contribution in [2.24, 2.45) is 0 Å². The summed E-state index contributed by atoms with van der Waals surface area (Å²) in [5, 5.41) is 8.47. The fourth-order valence-corrected chi connectivity index (χ4v) is 3.92. The van der Waals surface area contributed by atoms with E-state index in [0.29, 0.717) is 36.0 Å². The van der Waals surface area contributed by atoms with Gasteiger partial charge in [-0.25, -0.2) is 4.98 Å². The van der Waals surface area contributed by atoms with Crippen molar-refractivity contribution in [3.63, 3.8) is 0 Å². The smallest absolute Gasteiger partial charge is 0.274 e. The predicted octanol–water partition coefficient (Wildman–Crippen LogP) is 4.20. The second-order valence-corrected chi connectivity index (χ2v) is 7.87. The first-order valence-electron chi connectivity index (χ1n) is 11.1. The molecular formula is C26H25N5O3. The summed E-state index contributed by atoms with van der Waals surface area (Å²) in [6.45, 7) is 1.71. The number of hydrogen-bond acceptors (Lipinski definition) is 5. The lowest BCUT2D eigenvalue weighted by molar-refractivity contribution is 0.102. The first-order chi connectivity index (χ1) is 16.7. The van der Waals surface area contributed by atoms with Gasteiger partial charge >= 0.3 is 0 Å². The first-order valence-corrected chi connectivity index (χ1v) is 11.1. The molecule has 3 aromatic heterocycles. The second kappa shape index (κ2) is 9.76. The number of rotatable bonds is 9. The Morgan fingerprint density at radius 1 is 1.03 bits per heavy atom. The van der Waals surface area contributed by atoms with Crippen LogP contribution in [0.15, 0.2) is 79.3 Å². The number of aryl methyl sites for hydroxylation is 2. The van der Waals surface area contributed by atoms with Crippen molar-refractivity contribution in [1.29, 1.82) is 0 Å². The van der Waals surface area contributed by atoms with E-state index in [0.717, 1.165) is 23.9 Å². The highest BCUT2D eigenvalue weighted by Crippen LogP contribution is 2.24. The SMILES string of the molecule is COCCOc1ccn2c(C(=O)Nc3cccc4c3cnn4CCc3ccccc3)cnc2c1. The van der Waals surface area contributed by atoms with Crippen molar-refractivity contribution in [3.05, 3.63) is 90.5 Å². The summed E-state index contributed by atoms with van der Waals surface area (Å²) < 4.78 is 14.3. The molecule has 2 aromatic carbocycles. The van der Waals surface area contributed by atoms with Gasteiger partial charge in [0.2, 0.25) is 0 Å². The summed E-state index contributed by atoms with van der Waals surface area (Å²) in [5.41, 5.74) is 4.02. The minimum atomic E-state index is -0.245. The zero-order valence-electron chi connectivity index (χ0n) is 18.8. The van der Waals surface area contributed by atoms with Gasteiger partial charge in [0.05, 0.1) is 30.2 Å². The second-order valence-electron chi connectivity index (χ2n) is 7.87. The molecule has 5 aromatic rings. The van der Waals surface area contributed by atoms with E-state index >= 15 is 0 Å². The molecule has 0 unspecified atom stereocenters. The molecule has 8 heteroatoms. The van der Waals surface area contributed by atoms with E-state index in [-0.39, 0.29) is 5.91 Å². The van der Waals surface area contributed by atoms with Crippen molar-refractivity contribution in [1.82, 2.24) is 19.2 Å². The van der Waals surface area contributed by atoms with Gasteiger partial charge in [0.1, 0.15) is 23.7 Å². The summed E-state index contributed by atoms with van der Waals surface area (Å²) >= 11 is 0. The highest BCUT2D eigenvalue weighted by Gasteiger charge is 2.15. The molecule has 1 N–H and O–H groups in total. The van der Waals surface area contributed by atoms with Gasteiger partial charge < -0.3 is 14.8 Å². The number of methoxy groups -OCH3 is 1. The number of aromatic nitrogens is 4. The number of hydrogen-bond donors (Lipinski definition) is 1. The molecule has 0 spiro atoms. The Labute approximate surface area is 196 Å². The van der Waals surface area contributed by atoms with E-state index in [9.17, 15) is 4.79 Å². The largest absolute Gasteiger partial charge is 0.491 e. The van der Waals surface area contributed by atoms with Crippen LogP contribution in [0.3, 0.4) is 0 Å². The van der Waals surface area contributed by atoms with Gasteiger partial charge in [-0.05, 0) is 30.2 Å². The molecule has 0 saturated carbocycles. The highest BCUT2D eigenvalue weighted by atomic mass is 16.5. The van der Waals surface area contributed by atoms with Crippen LogP contribution in [-0.2, 0) is 17.7 Å². The Kier molecular flexibility index (Phi) is 6.22. The third-order valence-corrected chi connectivity index (χ3v) is 5.66. The maximum Gasteiger partial charge on any atom is 0.274 e. The van der Waals surface area contributed by atoms with Crippen LogP contribution in [0, 0.1) is 0 Å². The van der Waals surface area contributed by atoms with Gasteiger partial charge in [0.15, 0.2) is 0 Å². The van der Waals surface area contributed by atoms with Crippen molar-refractivity contribution >= 4 is 28.1 Å². The Morgan fingerprint density at radius 3 is 2.76 bits per heavy atom. The van der Waals surface area contributed by atoms with Crippen LogP contribution in [0.1, 0.15) is 16.1 Å². The van der Waals surface area contributed by atoms with Gasteiger partial charge in [0.25, 0.3) is 5.91 Å². The Hall–Kier alpha value is -4.17. The summed E-state index contributed by atoms with van der Waals surface area (Å²) in [5.74, 6) is 0.430. The van der Waals surface area contributed by atoms with Crippen molar-refractivity contribution < 1.29 is 14.3 Å². The minimum absolute atomic E-state index is 0.245. The minimum Gasteiger partial charge on any atom is -0.491 e. The fraction of sp³-hybridized carbons (Fsp3) is 0.192. The van der Waals surface area contributed by atoms with Crippen molar-refractivity contribution in [2.75, 3.05) is 25.6 Å². The monoisotopic (exact) mass is 455 g/mol. The molecule has 0 fully saturated rings. The van der Waals surface area contributed by atoms with Gasteiger partial charge in [-0.3, -0.25) is 13.9 Å².